The Morgan fingerprint density at radius 1 is 1.45 bits per heavy atom. The fourth-order valence-corrected chi connectivity index (χ4v) is 1.73. The molecule has 1 heteroatoms. The Morgan fingerprint density at radius 2 is 2.18 bits per heavy atom. The molecule has 0 aromatic carbocycles. The molecule has 64 valence electrons. The van der Waals surface area contributed by atoms with Crippen LogP contribution in [0.1, 0.15) is 33.1 Å². The van der Waals surface area contributed by atoms with E-state index in [0.29, 0.717) is 0 Å². The van der Waals surface area contributed by atoms with Gasteiger partial charge in [-0.25, -0.2) is 0 Å². The van der Waals surface area contributed by atoms with Gasteiger partial charge in [-0.2, -0.15) is 0 Å². The van der Waals surface area contributed by atoms with Crippen molar-refractivity contribution in [2.45, 2.75) is 33.1 Å². The van der Waals surface area contributed by atoms with Gasteiger partial charge in [0.15, 0.2) is 0 Å². The van der Waals surface area contributed by atoms with Crippen LogP contribution in [-0.4, -0.2) is 11.7 Å². The minimum Gasteiger partial charge on any atom is -0.392 e. The molecule has 0 aliphatic heterocycles. The second-order valence-corrected chi connectivity index (χ2v) is 3.74. The summed E-state index contributed by atoms with van der Waals surface area (Å²) in [5.74, 6) is 1.67. The second-order valence-electron chi connectivity index (χ2n) is 3.74. The smallest absolute Gasteiger partial charge is 0.0615 e. The van der Waals surface area contributed by atoms with Gasteiger partial charge < -0.3 is 5.11 Å². The van der Waals surface area contributed by atoms with E-state index in [1.165, 1.54) is 24.8 Å². The molecule has 0 unspecified atom stereocenters. The minimum atomic E-state index is 0.219. The van der Waals surface area contributed by atoms with Crippen LogP contribution in [-0.2, 0) is 0 Å². The average molecular weight is 154 g/mol. The number of hydrogen-bond acceptors (Lipinski definition) is 1. The first-order valence-electron chi connectivity index (χ1n) is 4.52. The van der Waals surface area contributed by atoms with Crippen LogP contribution in [0.3, 0.4) is 0 Å². The normalized spacial score (nSPS) is 36.1. The lowest BCUT2D eigenvalue weighted by atomic mass is 9.79. The molecule has 0 saturated heterocycles. The van der Waals surface area contributed by atoms with E-state index in [2.05, 4.69) is 13.8 Å². The van der Waals surface area contributed by atoms with Gasteiger partial charge in [-0.1, -0.05) is 25.5 Å². The number of aliphatic hydroxyl groups excluding tert-OH is 1. The van der Waals surface area contributed by atoms with Crippen LogP contribution in [0.2, 0.25) is 0 Å². The van der Waals surface area contributed by atoms with Crippen LogP contribution in [0.5, 0.6) is 0 Å². The van der Waals surface area contributed by atoms with Crippen LogP contribution in [0.25, 0.3) is 0 Å². The third-order valence-electron chi connectivity index (χ3n) is 2.86. The lowest BCUT2D eigenvalue weighted by Gasteiger charge is -2.27. The second kappa shape index (κ2) is 3.91. The third kappa shape index (κ3) is 2.33. The highest BCUT2D eigenvalue weighted by atomic mass is 16.2. The van der Waals surface area contributed by atoms with Gasteiger partial charge in [-0.05, 0) is 31.1 Å². The zero-order valence-corrected chi connectivity index (χ0v) is 7.51. The molecule has 0 aromatic heterocycles. The molecule has 1 saturated carbocycles. The molecule has 1 aliphatic rings. The Kier molecular flexibility index (Phi) is 3.13. The number of allylic oxidation sites excluding steroid dienone is 1. The van der Waals surface area contributed by atoms with Crippen LogP contribution in [0.15, 0.2) is 11.6 Å². The first-order chi connectivity index (χ1) is 5.24. The van der Waals surface area contributed by atoms with Crippen molar-refractivity contribution >= 4 is 0 Å². The lowest BCUT2D eigenvalue weighted by molar-refractivity contribution is 0.312. The number of rotatable bonds is 1. The van der Waals surface area contributed by atoms with Gasteiger partial charge in [-0.15, -0.1) is 0 Å². The summed E-state index contributed by atoms with van der Waals surface area (Å²) in [6.07, 6.45) is 5.67. The van der Waals surface area contributed by atoms with E-state index in [-0.39, 0.29) is 6.61 Å². The van der Waals surface area contributed by atoms with Crippen LogP contribution >= 0.6 is 0 Å². The van der Waals surface area contributed by atoms with Crippen molar-refractivity contribution in [3.63, 3.8) is 0 Å². The quantitative estimate of drug-likeness (QED) is 0.575. The van der Waals surface area contributed by atoms with Gasteiger partial charge in [0.25, 0.3) is 0 Å². The summed E-state index contributed by atoms with van der Waals surface area (Å²) in [5, 5.41) is 8.69. The van der Waals surface area contributed by atoms with E-state index in [1.807, 2.05) is 6.08 Å². The molecule has 0 bridgehead atoms. The Bertz CT molecular complexity index is 149. The molecule has 1 rings (SSSR count). The van der Waals surface area contributed by atoms with E-state index in [0.717, 1.165) is 11.8 Å². The Hall–Kier alpha value is -0.300. The summed E-state index contributed by atoms with van der Waals surface area (Å²) in [7, 11) is 0. The molecule has 1 N–H and O–H groups in total. The Morgan fingerprint density at radius 3 is 2.73 bits per heavy atom. The molecule has 2 atom stereocenters. The number of hydrogen-bond donors (Lipinski definition) is 1. The molecule has 0 heterocycles. The zero-order chi connectivity index (χ0) is 8.27. The van der Waals surface area contributed by atoms with Crippen molar-refractivity contribution < 1.29 is 5.11 Å². The largest absolute Gasteiger partial charge is 0.392 e. The van der Waals surface area contributed by atoms with Crippen LogP contribution in [0.4, 0.5) is 0 Å². The van der Waals surface area contributed by atoms with Crippen molar-refractivity contribution in [3.05, 3.63) is 11.6 Å². The van der Waals surface area contributed by atoms with Gasteiger partial charge in [0, 0.05) is 0 Å². The van der Waals surface area contributed by atoms with E-state index in [1.54, 1.807) is 0 Å². The van der Waals surface area contributed by atoms with E-state index in [9.17, 15) is 0 Å². The standard InChI is InChI=1S/C10H18O/c1-8-3-4-10(5-6-11)7-9(8)2/h5,8-9,11H,3-4,6-7H2,1-2H3/b10-5-/t8-,9+/m0/s1. The highest BCUT2D eigenvalue weighted by Gasteiger charge is 2.19. The first kappa shape index (κ1) is 8.79. The molecular formula is C10H18O. The summed E-state index contributed by atoms with van der Waals surface area (Å²) in [4.78, 5) is 0. The van der Waals surface area contributed by atoms with Gasteiger partial charge >= 0.3 is 0 Å². The highest BCUT2D eigenvalue weighted by Crippen LogP contribution is 2.32. The molecule has 1 nitrogen and oxygen atoms in total. The topological polar surface area (TPSA) is 20.2 Å². The maximum Gasteiger partial charge on any atom is 0.0615 e. The van der Waals surface area contributed by atoms with E-state index >= 15 is 0 Å². The molecule has 11 heavy (non-hydrogen) atoms. The molecule has 1 aliphatic carbocycles. The van der Waals surface area contributed by atoms with Gasteiger partial charge in [0.05, 0.1) is 6.61 Å². The summed E-state index contributed by atoms with van der Waals surface area (Å²) in [5.41, 5.74) is 1.46. The predicted molar refractivity (Wildman–Crippen MR) is 47.3 cm³/mol. The molecular weight excluding hydrogens is 136 g/mol. The molecule has 0 aromatic rings. The predicted octanol–water partition coefficient (Wildman–Crippen LogP) is 2.36. The molecule has 1 fully saturated rings. The fourth-order valence-electron chi connectivity index (χ4n) is 1.73. The van der Waals surface area contributed by atoms with Gasteiger partial charge in [0.2, 0.25) is 0 Å². The van der Waals surface area contributed by atoms with Crippen molar-refractivity contribution in [2.24, 2.45) is 11.8 Å². The SMILES string of the molecule is C[C@@H]1C/C(=C\CO)CC[C@@H]1C. The summed E-state index contributed by atoms with van der Waals surface area (Å²) >= 11 is 0. The third-order valence-corrected chi connectivity index (χ3v) is 2.86. The minimum absolute atomic E-state index is 0.219. The van der Waals surface area contributed by atoms with Crippen LogP contribution < -0.4 is 0 Å². The highest BCUT2D eigenvalue weighted by molar-refractivity contribution is 5.06. The maximum atomic E-state index is 8.69. The van der Waals surface area contributed by atoms with Gasteiger partial charge in [0.1, 0.15) is 0 Å². The summed E-state index contributed by atoms with van der Waals surface area (Å²) < 4.78 is 0. The number of aliphatic hydroxyl groups is 1. The Balaban J connectivity index is 2.46. The van der Waals surface area contributed by atoms with E-state index in [4.69, 9.17) is 5.11 Å². The molecule has 0 radical (unpaired) electrons. The summed E-state index contributed by atoms with van der Waals surface area (Å²) in [6, 6.07) is 0. The lowest BCUT2D eigenvalue weighted by Crippen LogP contribution is -2.15. The fraction of sp³-hybridized carbons (Fsp3) is 0.800. The Labute approximate surface area is 69.1 Å². The van der Waals surface area contributed by atoms with Crippen molar-refractivity contribution in [1.29, 1.82) is 0 Å². The van der Waals surface area contributed by atoms with Crippen molar-refractivity contribution in [3.8, 4) is 0 Å². The van der Waals surface area contributed by atoms with E-state index < -0.39 is 0 Å². The van der Waals surface area contributed by atoms with Crippen LogP contribution in [0, 0.1) is 11.8 Å². The van der Waals surface area contributed by atoms with Crippen molar-refractivity contribution in [2.75, 3.05) is 6.61 Å². The molecule has 0 amide bonds. The first-order valence-corrected chi connectivity index (χ1v) is 4.52. The summed E-state index contributed by atoms with van der Waals surface area (Å²) in [6.45, 7) is 4.84. The van der Waals surface area contributed by atoms with Crippen molar-refractivity contribution in [1.82, 2.24) is 0 Å². The monoisotopic (exact) mass is 154 g/mol. The van der Waals surface area contributed by atoms with Gasteiger partial charge in [-0.3, -0.25) is 0 Å². The average Bonchev–Trinajstić information content (AvgIpc) is 1.98. The molecule has 0 spiro atoms. The zero-order valence-electron chi connectivity index (χ0n) is 7.51. The maximum absolute atomic E-state index is 8.69.